The van der Waals surface area contributed by atoms with Gasteiger partial charge in [0.2, 0.25) is 5.91 Å². The molecule has 0 aliphatic rings. The molecule has 0 fully saturated rings. The van der Waals surface area contributed by atoms with Crippen molar-refractivity contribution in [2.24, 2.45) is 5.73 Å². The molecular weight excluding hydrogens is 258 g/mol. The van der Waals surface area contributed by atoms with Crippen molar-refractivity contribution in [3.8, 4) is 0 Å². The van der Waals surface area contributed by atoms with Gasteiger partial charge in [0, 0.05) is 26.4 Å². The molecule has 9 heteroatoms. The van der Waals surface area contributed by atoms with Gasteiger partial charge in [-0.1, -0.05) is 5.21 Å². The molecule has 0 unspecified atom stereocenters. The van der Waals surface area contributed by atoms with Crippen LogP contribution in [0.5, 0.6) is 0 Å². The molecule has 18 heavy (non-hydrogen) atoms. The lowest BCUT2D eigenvalue weighted by molar-refractivity contribution is -0.130. The van der Waals surface area contributed by atoms with E-state index in [0.717, 1.165) is 6.26 Å². The van der Waals surface area contributed by atoms with Crippen LogP contribution in [0.15, 0.2) is 6.20 Å². The minimum absolute atomic E-state index is 0.0211. The number of nitrogens with two attached hydrogens (primary N) is 1. The van der Waals surface area contributed by atoms with Crippen LogP contribution in [0, 0.1) is 0 Å². The topological polar surface area (TPSA) is 111 Å². The highest BCUT2D eigenvalue weighted by molar-refractivity contribution is 7.90. The highest BCUT2D eigenvalue weighted by Gasteiger charge is 2.13. The minimum atomic E-state index is -3.07. The van der Waals surface area contributed by atoms with Crippen LogP contribution < -0.4 is 5.73 Å². The Bertz CT molecular complexity index is 510. The Hall–Kier alpha value is -1.48. The largest absolute Gasteiger partial charge is 0.343 e. The Morgan fingerprint density at radius 1 is 1.56 bits per heavy atom. The van der Waals surface area contributed by atoms with Crippen LogP contribution in [0.1, 0.15) is 5.69 Å². The smallest absolute Gasteiger partial charge is 0.244 e. The minimum Gasteiger partial charge on any atom is -0.343 e. The van der Waals surface area contributed by atoms with E-state index in [0.29, 0.717) is 5.69 Å². The zero-order valence-corrected chi connectivity index (χ0v) is 11.2. The molecule has 1 amide bonds. The lowest BCUT2D eigenvalue weighted by Crippen LogP contribution is -2.34. The maximum Gasteiger partial charge on any atom is 0.244 e. The molecule has 0 radical (unpaired) electrons. The van der Waals surface area contributed by atoms with Gasteiger partial charge in [-0.15, -0.1) is 5.10 Å². The average Bonchev–Trinajstić information content (AvgIpc) is 2.72. The van der Waals surface area contributed by atoms with Crippen molar-refractivity contribution in [1.29, 1.82) is 0 Å². The van der Waals surface area contributed by atoms with Crippen molar-refractivity contribution in [3.05, 3.63) is 11.9 Å². The molecule has 0 saturated carbocycles. The third-order valence-corrected chi connectivity index (χ3v) is 3.24. The maximum absolute atomic E-state index is 11.7. The van der Waals surface area contributed by atoms with Gasteiger partial charge in [0.15, 0.2) is 0 Å². The highest BCUT2D eigenvalue weighted by atomic mass is 32.2. The molecule has 0 aliphatic heterocycles. The summed E-state index contributed by atoms with van der Waals surface area (Å²) >= 11 is 0. The summed E-state index contributed by atoms with van der Waals surface area (Å²) in [4.78, 5) is 13.1. The quantitative estimate of drug-likeness (QED) is 0.658. The Morgan fingerprint density at radius 3 is 2.72 bits per heavy atom. The second kappa shape index (κ2) is 5.91. The molecule has 1 aromatic heterocycles. The van der Waals surface area contributed by atoms with Crippen LogP contribution in [0.4, 0.5) is 0 Å². The number of nitrogens with zero attached hydrogens (tertiary/aromatic N) is 4. The summed E-state index contributed by atoms with van der Waals surface area (Å²) in [6.45, 7) is 0.446. The zero-order valence-electron chi connectivity index (χ0n) is 10.4. The highest BCUT2D eigenvalue weighted by Crippen LogP contribution is 1.95. The number of amides is 1. The SMILES string of the molecule is CN(CCS(C)(=O)=O)C(=O)Cn1cc(CN)nn1. The van der Waals surface area contributed by atoms with E-state index in [4.69, 9.17) is 5.73 Å². The van der Waals surface area contributed by atoms with Crippen molar-refractivity contribution < 1.29 is 13.2 Å². The maximum atomic E-state index is 11.7. The first-order valence-electron chi connectivity index (χ1n) is 5.32. The van der Waals surface area contributed by atoms with Crippen LogP contribution in [-0.4, -0.2) is 59.8 Å². The van der Waals surface area contributed by atoms with Crippen LogP contribution in [0.3, 0.4) is 0 Å². The van der Waals surface area contributed by atoms with Crippen LogP contribution >= 0.6 is 0 Å². The fourth-order valence-electron chi connectivity index (χ4n) is 1.20. The molecule has 0 saturated heterocycles. The predicted molar refractivity (Wildman–Crippen MR) is 65.3 cm³/mol. The molecule has 0 bridgehead atoms. The summed E-state index contributed by atoms with van der Waals surface area (Å²) in [5, 5.41) is 7.49. The Kier molecular flexibility index (Phi) is 4.79. The van der Waals surface area contributed by atoms with E-state index in [2.05, 4.69) is 10.3 Å². The second-order valence-electron chi connectivity index (χ2n) is 4.06. The van der Waals surface area contributed by atoms with Gasteiger partial charge >= 0.3 is 0 Å². The van der Waals surface area contributed by atoms with Gasteiger partial charge in [0.05, 0.1) is 17.6 Å². The molecule has 2 N–H and O–H groups in total. The fraction of sp³-hybridized carbons (Fsp3) is 0.667. The van der Waals surface area contributed by atoms with Crippen LogP contribution in [0.2, 0.25) is 0 Å². The van der Waals surface area contributed by atoms with Gasteiger partial charge in [0.25, 0.3) is 0 Å². The summed E-state index contributed by atoms with van der Waals surface area (Å²) < 4.78 is 23.3. The van der Waals surface area contributed by atoms with Gasteiger partial charge in [-0.3, -0.25) is 4.79 Å². The molecule has 8 nitrogen and oxygen atoms in total. The monoisotopic (exact) mass is 275 g/mol. The predicted octanol–water partition coefficient (Wildman–Crippen LogP) is -1.76. The molecule has 0 aromatic carbocycles. The van der Waals surface area contributed by atoms with E-state index < -0.39 is 9.84 Å². The number of carbonyl (C=O) groups is 1. The van der Waals surface area contributed by atoms with Crippen molar-refractivity contribution in [2.45, 2.75) is 13.1 Å². The summed E-state index contributed by atoms with van der Waals surface area (Å²) in [7, 11) is -1.52. The van der Waals surface area contributed by atoms with Crippen LogP contribution in [0.25, 0.3) is 0 Å². The third-order valence-electron chi connectivity index (χ3n) is 2.32. The first-order chi connectivity index (χ1) is 8.31. The number of rotatable bonds is 6. The molecule has 0 atom stereocenters. The van der Waals surface area contributed by atoms with E-state index in [1.54, 1.807) is 13.2 Å². The van der Waals surface area contributed by atoms with E-state index in [1.165, 1.54) is 9.58 Å². The molecule has 102 valence electrons. The Morgan fingerprint density at radius 2 is 2.22 bits per heavy atom. The molecule has 0 spiro atoms. The fourth-order valence-corrected chi connectivity index (χ4v) is 1.80. The summed E-state index contributed by atoms with van der Waals surface area (Å²) in [5.41, 5.74) is 5.97. The van der Waals surface area contributed by atoms with Gasteiger partial charge in [-0.05, 0) is 0 Å². The molecule has 1 rings (SSSR count). The zero-order chi connectivity index (χ0) is 13.8. The lowest BCUT2D eigenvalue weighted by atomic mass is 10.4. The molecule has 1 heterocycles. The summed E-state index contributed by atoms with van der Waals surface area (Å²) in [6.07, 6.45) is 2.72. The number of hydrogen-bond donors (Lipinski definition) is 1. The number of aromatic nitrogens is 3. The first-order valence-corrected chi connectivity index (χ1v) is 7.38. The molecule has 0 aliphatic carbocycles. The number of hydrogen-bond acceptors (Lipinski definition) is 6. The summed E-state index contributed by atoms with van der Waals surface area (Å²) in [6, 6.07) is 0. The Labute approximate surface area is 106 Å². The number of likely N-dealkylation sites (N-methyl/N-ethyl adjacent to an activating group) is 1. The van der Waals surface area contributed by atoms with E-state index in [9.17, 15) is 13.2 Å². The van der Waals surface area contributed by atoms with Gasteiger partial charge in [-0.25, -0.2) is 13.1 Å². The molecular formula is C9H17N5O3S. The standard InChI is InChI=1S/C9H17N5O3S/c1-13(3-4-18(2,16)17)9(15)7-14-6-8(5-10)11-12-14/h6H,3-5,7,10H2,1-2H3. The van der Waals surface area contributed by atoms with Crippen molar-refractivity contribution in [3.63, 3.8) is 0 Å². The van der Waals surface area contributed by atoms with Crippen molar-refractivity contribution >= 4 is 15.7 Å². The number of carbonyl (C=O) groups excluding carboxylic acids is 1. The lowest BCUT2D eigenvalue weighted by Gasteiger charge is -2.16. The van der Waals surface area contributed by atoms with Crippen molar-refractivity contribution in [2.75, 3.05) is 25.6 Å². The van der Waals surface area contributed by atoms with E-state index in [1.807, 2.05) is 0 Å². The average molecular weight is 275 g/mol. The van der Waals surface area contributed by atoms with Gasteiger partial charge in [0.1, 0.15) is 16.4 Å². The number of sulfone groups is 1. The summed E-state index contributed by atoms with van der Waals surface area (Å²) in [5.74, 6) is -0.284. The van der Waals surface area contributed by atoms with E-state index in [-0.39, 0.29) is 31.3 Å². The second-order valence-corrected chi connectivity index (χ2v) is 6.32. The van der Waals surface area contributed by atoms with Crippen LogP contribution in [-0.2, 0) is 27.7 Å². The third kappa shape index (κ3) is 4.80. The van der Waals surface area contributed by atoms with Gasteiger partial charge < -0.3 is 10.6 Å². The Balaban J connectivity index is 2.49. The first kappa shape index (κ1) is 14.6. The normalized spacial score (nSPS) is 11.5. The molecule has 1 aromatic rings. The van der Waals surface area contributed by atoms with Crippen molar-refractivity contribution in [1.82, 2.24) is 19.9 Å². The van der Waals surface area contributed by atoms with Gasteiger partial charge in [-0.2, -0.15) is 0 Å². The van der Waals surface area contributed by atoms with E-state index >= 15 is 0 Å².